The Hall–Kier alpha value is -4.48. The molecule has 1 heterocycles. The molecule has 0 aliphatic heterocycles. The second-order valence-electron chi connectivity index (χ2n) is 7.60. The smallest absolute Gasteiger partial charge is 0.362 e. The zero-order valence-corrected chi connectivity index (χ0v) is 20.4. The number of oxime groups is 1. The third-order valence-electron chi connectivity index (χ3n) is 5.42. The lowest BCUT2D eigenvalue weighted by Gasteiger charge is -2.36. The highest BCUT2D eigenvalue weighted by atomic mass is 32.1. The molecule has 0 amide bonds. The zero-order chi connectivity index (χ0) is 25.2. The minimum absolute atomic E-state index is 0.0962. The predicted molar refractivity (Wildman–Crippen MR) is 140 cm³/mol. The van der Waals surface area contributed by atoms with E-state index in [1.165, 1.54) is 11.3 Å². The average molecular weight is 497 g/mol. The maximum atomic E-state index is 12.5. The van der Waals surface area contributed by atoms with Gasteiger partial charge in [-0.3, -0.25) is 0 Å². The van der Waals surface area contributed by atoms with Gasteiger partial charge in [-0.25, -0.2) is 9.78 Å². The second kappa shape index (κ2) is 11.8. The van der Waals surface area contributed by atoms with E-state index < -0.39 is 11.5 Å². The van der Waals surface area contributed by atoms with Gasteiger partial charge in [0.2, 0.25) is 12.3 Å². The summed E-state index contributed by atoms with van der Waals surface area (Å²) >= 11 is 1.33. The van der Waals surface area contributed by atoms with Crippen LogP contribution in [-0.4, -0.2) is 29.9 Å². The van der Waals surface area contributed by atoms with Crippen LogP contribution < -0.4 is 5.32 Å². The van der Waals surface area contributed by atoms with Gasteiger partial charge in [0, 0.05) is 5.38 Å². The van der Waals surface area contributed by atoms with E-state index in [2.05, 4.69) is 51.9 Å². The first-order valence-corrected chi connectivity index (χ1v) is 12.2. The highest BCUT2D eigenvalue weighted by Gasteiger charge is 2.37. The molecule has 0 bridgehead atoms. The van der Waals surface area contributed by atoms with E-state index in [-0.39, 0.29) is 18.9 Å². The summed E-state index contributed by atoms with van der Waals surface area (Å²) in [5, 5.41) is 18.5. The minimum Gasteiger partial charge on any atom is -0.461 e. The molecular formula is C28H24N4O3S. The number of carbonyl (C=O) groups is 1. The third kappa shape index (κ3) is 5.27. The number of anilines is 1. The number of rotatable bonds is 10. The number of nitrogens with one attached hydrogen (secondary N) is 1. The van der Waals surface area contributed by atoms with Gasteiger partial charge in [-0.1, -0.05) is 96.2 Å². The molecule has 0 radical (unpaired) electrons. The normalized spacial score (nSPS) is 11.4. The summed E-state index contributed by atoms with van der Waals surface area (Å²) in [6.07, 6.45) is 0. The molecule has 0 saturated carbocycles. The largest absolute Gasteiger partial charge is 0.461 e. The minimum atomic E-state index is -0.766. The van der Waals surface area contributed by atoms with Gasteiger partial charge >= 0.3 is 5.97 Å². The van der Waals surface area contributed by atoms with Gasteiger partial charge in [-0.05, 0) is 23.6 Å². The van der Waals surface area contributed by atoms with E-state index in [9.17, 15) is 4.79 Å². The first-order valence-electron chi connectivity index (χ1n) is 11.3. The molecule has 3 aromatic carbocycles. The number of esters is 1. The Morgan fingerprint density at radius 1 is 0.972 bits per heavy atom. The summed E-state index contributed by atoms with van der Waals surface area (Å²) in [6.45, 7) is 1.58. The maximum Gasteiger partial charge on any atom is 0.362 e. The van der Waals surface area contributed by atoms with E-state index in [0.717, 1.165) is 16.7 Å². The molecule has 8 heteroatoms. The number of carbonyl (C=O) groups excluding carboxylic acids is 1. The zero-order valence-electron chi connectivity index (χ0n) is 19.6. The lowest BCUT2D eigenvalue weighted by molar-refractivity contribution is -0.135. The van der Waals surface area contributed by atoms with Crippen LogP contribution in [0.25, 0.3) is 0 Å². The molecular weight excluding hydrogens is 472 g/mol. The van der Waals surface area contributed by atoms with Crippen molar-refractivity contribution in [2.24, 2.45) is 5.16 Å². The standard InChI is InChI=1S/C28H24N4O3S/c1-2-34-26(33)25(32-35-19-18-29)24-20-36-27(30-24)31-28(21-12-6-3-7-13-21,22-14-8-4-9-15-22)23-16-10-5-11-17-23/h3-17,20H,2,19H2,1H3,(H,30,31)/b32-25-. The molecule has 0 fully saturated rings. The molecule has 180 valence electrons. The number of benzene rings is 3. The van der Waals surface area contributed by atoms with Crippen molar-refractivity contribution in [3.05, 3.63) is 119 Å². The van der Waals surface area contributed by atoms with Gasteiger partial charge in [0.1, 0.15) is 17.3 Å². The summed E-state index contributed by atoms with van der Waals surface area (Å²) in [5.74, 6) is -0.673. The highest BCUT2D eigenvalue weighted by molar-refractivity contribution is 7.14. The predicted octanol–water partition coefficient (Wildman–Crippen LogP) is 5.35. The Morgan fingerprint density at radius 3 is 1.97 bits per heavy atom. The van der Waals surface area contributed by atoms with Crippen LogP contribution in [-0.2, 0) is 19.9 Å². The highest BCUT2D eigenvalue weighted by Crippen LogP contribution is 2.40. The van der Waals surface area contributed by atoms with E-state index in [1.807, 2.05) is 60.7 Å². The Labute approximate surface area is 213 Å². The van der Waals surface area contributed by atoms with Crippen LogP contribution in [0.4, 0.5) is 5.13 Å². The van der Waals surface area contributed by atoms with Crippen LogP contribution in [0.1, 0.15) is 29.3 Å². The van der Waals surface area contributed by atoms with Gasteiger partial charge in [-0.15, -0.1) is 11.3 Å². The molecule has 1 aromatic heterocycles. The monoisotopic (exact) mass is 496 g/mol. The molecule has 0 aliphatic rings. The molecule has 4 rings (SSSR count). The molecule has 36 heavy (non-hydrogen) atoms. The van der Waals surface area contributed by atoms with Crippen LogP contribution >= 0.6 is 11.3 Å². The summed E-state index contributed by atoms with van der Waals surface area (Å²) in [5.41, 5.74) is 2.50. The second-order valence-corrected chi connectivity index (χ2v) is 8.46. The summed E-state index contributed by atoms with van der Waals surface area (Å²) < 4.78 is 5.12. The van der Waals surface area contributed by atoms with E-state index in [4.69, 9.17) is 14.8 Å². The number of ether oxygens (including phenoxy) is 1. The van der Waals surface area contributed by atoms with Crippen molar-refractivity contribution in [2.75, 3.05) is 18.5 Å². The fourth-order valence-electron chi connectivity index (χ4n) is 3.90. The maximum absolute atomic E-state index is 12.5. The number of hydrogen-bond donors (Lipinski definition) is 1. The van der Waals surface area contributed by atoms with Gasteiger partial charge in [-0.2, -0.15) is 5.26 Å². The summed E-state index contributed by atoms with van der Waals surface area (Å²) in [6, 6.07) is 32.2. The van der Waals surface area contributed by atoms with Crippen molar-refractivity contribution in [2.45, 2.75) is 12.5 Å². The van der Waals surface area contributed by atoms with Crippen molar-refractivity contribution in [1.82, 2.24) is 4.98 Å². The van der Waals surface area contributed by atoms with Crippen LogP contribution in [0.3, 0.4) is 0 Å². The van der Waals surface area contributed by atoms with Gasteiger partial charge in [0.05, 0.1) is 6.61 Å². The van der Waals surface area contributed by atoms with Crippen LogP contribution in [0.15, 0.2) is 102 Å². The Morgan fingerprint density at radius 2 is 1.50 bits per heavy atom. The van der Waals surface area contributed by atoms with Crippen molar-refractivity contribution >= 4 is 28.1 Å². The van der Waals surface area contributed by atoms with Crippen LogP contribution in [0, 0.1) is 11.3 Å². The van der Waals surface area contributed by atoms with Gasteiger partial charge in [0.15, 0.2) is 5.13 Å². The summed E-state index contributed by atoms with van der Waals surface area (Å²) in [7, 11) is 0. The average Bonchev–Trinajstić information content (AvgIpc) is 3.39. The molecule has 0 saturated heterocycles. The molecule has 0 spiro atoms. The molecule has 1 N–H and O–H groups in total. The van der Waals surface area contributed by atoms with E-state index >= 15 is 0 Å². The van der Waals surface area contributed by atoms with Gasteiger partial charge in [0.25, 0.3) is 0 Å². The lowest BCUT2D eigenvalue weighted by atomic mass is 9.77. The number of hydrogen-bond acceptors (Lipinski definition) is 8. The number of nitriles is 1. The Bertz CT molecular complexity index is 1250. The first-order chi connectivity index (χ1) is 17.7. The Balaban J connectivity index is 1.83. The Kier molecular flexibility index (Phi) is 8.06. The third-order valence-corrected chi connectivity index (χ3v) is 6.17. The van der Waals surface area contributed by atoms with Crippen molar-refractivity contribution in [1.29, 1.82) is 5.26 Å². The SMILES string of the molecule is CCOC(=O)/C(=N\OCC#N)c1csc(NC(c2ccccc2)(c2ccccc2)c2ccccc2)n1. The fourth-order valence-corrected chi connectivity index (χ4v) is 4.65. The lowest BCUT2D eigenvalue weighted by Crippen LogP contribution is -2.38. The summed E-state index contributed by atoms with van der Waals surface area (Å²) in [4.78, 5) is 22.1. The number of aromatic nitrogens is 1. The van der Waals surface area contributed by atoms with Crippen LogP contribution in [0.2, 0.25) is 0 Å². The van der Waals surface area contributed by atoms with Crippen molar-refractivity contribution in [3.8, 4) is 6.07 Å². The topological polar surface area (TPSA) is 96.6 Å². The van der Waals surface area contributed by atoms with Crippen LogP contribution in [0.5, 0.6) is 0 Å². The molecule has 0 aliphatic carbocycles. The van der Waals surface area contributed by atoms with Crippen molar-refractivity contribution in [3.63, 3.8) is 0 Å². The molecule has 0 unspecified atom stereocenters. The van der Waals surface area contributed by atoms with E-state index in [0.29, 0.717) is 10.8 Å². The van der Waals surface area contributed by atoms with Crippen molar-refractivity contribution < 1.29 is 14.4 Å². The number of nitrogens with zero attached hydrogens (tertiary/aromatic N) is 3. The molecule has 4 aromatic rings. The quantitative estimate of drug-likeness (QED) is 0.104. The molecule has 7 nitrogen and oxygen atoms in total. The van der Waals surface area contributed by atoms with E-state index in [1.54, 1.807) is 12.3 Å². The fraction of sp³-hybridized carbons (Fsp3) is 0.143. The number of thiazole rings is 1. The van der Waals surface area contributed by atoms with Gasteiger partial charge < -0.3 is 14.9 Å². The first kappa shape index (κ1) is 24.6. The molecule has 0 atom stereocenters.